The van der Waals surface area contributed by atoms with E-state index in [1.165, 1.54) is 7.11 Å². The van der Waals surface area contributed by atoms with E-state index in [1.807, 2.05) is 6.07 Å². The number of hydrogen-bond acceptors (Lipinski definition) is 4. The van der Waals surface area contributed by atoms with Crippen LogP contribution in [0.25, 0.3) is 0 Å². The highest BCUT2D eigenvalue weighted by Crippen LogP contribution is 2.32. The molecule has 6 heteroatoms. The Morgan fingerprint density at radius 2 is 1.95 bits per heavy atom. The summed E-state index contributed by atoms with van der Waals surface area (Å²) in [6, 6.07) is 5.24. The summed E-state index contributed by atoms with van der Waals surface area (Å²) in [4.78, 5) is 2.38. The van der Waals surface area contributed by atoms with Crippen LogP contribution in [0.2, 0.25) is 0 Å². The van der Waals surface area contributed by atoms with E-state index >= 15 is 0 Å². The van der Waals surface area contributed by atoms with E-state index in [9.17, 15) is 8.78 Å². The van der Waals surface area contributed by atoms with Crippen molar-refractivity contribution in [1.82, 2.24) is 10.2 Å². The van der Waals surface area contributed by atoms with Crippen molar-refractivity contribution in [3.05, 3.63) is 23.8 Å². The third kappa shape index (κ3) is 3.27. The lowest BCUT2D eigenvalue weighted by Crippen LogP contribution is -2.25. The first-order chi connectivity index (χ1) is 10.2. The first-order valence-corrected chi connectivity index (χ1v) is 7.20. The molecule has 0 aromatic heterocycles. The van der Waals surface area contributed by atoms with Crippen LogP contribution in [0.3, 0.4) is 0 Å². The monoisotopic (exact) mass is 298 g/mol. The van der Waals surface area contributed by atoms with E-state index in [1.54, 1.807) is 12.1 Å². The molecule has 0 radical (unpaired) electrons. The second-order valence-corrected chi connectivity index (χ2v) is 5.74. The summed E-state index contributed by atoms with van der Waals surface area (Å²) in [6.07, 6.45) is 0. The predicted octanol–water partition coefficient (Wildman–Crippen LogP) is 1.95. The number of nitrogens with one attached hydrogen (secondary N) is 1. The molecule has 0 spiro atoms. The van der Waals surface area contributed by atoms with Gasteiger partial charge in [0, 0.05) is 19.6 Å². The molecule has 4 nitrogen and oxygen atoms in total. The number of rotatable bonds is 5. The Bertz CT molecular complexity index is 487. The molecule has 0 amide bonds. The molecule has 21 heavy (non-hydrogen) atoms. The number of ether oxygens (including phenoxy) is 2. The summed E-state index contributed by atoms with van der Waals surface area (Å²) in [5.41, 5.74) is 0.972. The summed E-state index contributed by atoms with van der Waals surface area (Å²) < 4.78 is 34.4. The van der Waals surface area contributed by atoms with Crippen LogP contribution < -0.4 is 14.8 Å². The maximum atomic E-state index is 12.4. The Hall–Kier alpha value is -1.40. The normalized spacial score (nSPS) is 25.3. The van der Waals surface area contributed by atoms with Gasteiger partial charge >= 0.3 is 6.61 Å². The van der Waals surface area contributed by atoms with Gasteiger partial charge in [0.15, 0.2) is 11.5 Å². The molecule has 0 aliphatic carbocycles. The minimum atomic E-state index is -2.84. The van der Waals surface area contributed by atoms with Gasteiger partial charge in [0.2, 0.25) is 0 Å². The predicted molar refractivity (Wildman–Crippen MR) is 74.8 cm³/mol. The highest BCUT2D eigenvalue weighted by atomic mass is 19.3. The summed E-state index contributed by atoms with van der Waals surface area (Å²) in [5, 5.41) is 3.41. The molecule has 3 rings (SSSR count). The summed E-state index contributed by atoms with van der Waals surface area (Å²) in [6.45, 7) is 2.22. The molecule has 1 aromatic carbocycles. The first-order valence-electron chi connectivity index (χ1n) is 7.20. The summed E-state index contributed by atoms with van der Waals surface area (Å²) >= 11 is 0. The van der Waals surface area contributed by atoms with Crippen molar-refractivity contribution >= 4 is 0 Å². The van der Waals surface area contributed by atoms with Gasteiger partial charge in [-0.1, -0.05) is 6.07 Å². The molecule has 2 heterocycles. The minimum Gasteiger partial charge on any atom is -0.493 e. The van der Waals surface area contributed by atoms with E-state index in [0.717, 1.165) is 50.1 Å². The largest absolute Gasteiger partial charge is 0.493 e. The topological polar surface area (TPSA) is 33.7 Å². The second kappa shape index (κ2) is 6.15. The van der Waals surface area contributed by atoms with Crippen LogP contribution in [0.1, 0.15) is 5.56 Å². The molecular formula is C15H20F2N2O2. The van der Waals surface area contributed by atoms with Gasteiger partial charge < -0.3 is 14.8 Å². The average Bonchev–Trinajstić information content (AvgIpc) is 2.99. The lowest BCUT2D eigenvalue weighted by molar-refractivity contribution is -0.0512. The molecule has 1 N–H and O–H groups in total. The fourth-order valence-electron chi connectivity index (χ4n) is 3.35. The quantitative estimate of drug-likeness (QED) is 0.901. The first kappa shape index (κ1) is 14.5. The van der Waals surface area contributed by atoms with Crippen LogP contribution in [0.4, 0.5) is 8.78 Å². The standard InChI is InChI=1S/C15H20F2N2O2/c1-20-13-3-2-10(4-14(13)21-15(16)17)7-19-8-11-5-18-6-12(11)9-19/h2-4,11-12,15,18H,5-9H2,1H3. The Morgan fingerprint density at radius 1 is 1.24 bits per heavy atom. The maximum Gasteiger partial charge on any atom is 0.387 e. The molecule has 116 valence electrons. The summed E-state index contributed by atoms with van der Waals surface area (Å²) in [7, 11) is 1.45. The van der Waals surface area contributed by atoms with Crippen LogP contribution in [0, 0.1) is 11.8 Å². The van der Waals surface area contributed by atoms with E-state index in [4.69, 9.17) is 4.74 Å². The van der Waals surface area contributed by atoms with Crippen molar-refractivity contribution in [3.63, 3.8) is 0 Å². The van der Waals surface area contributed by atoms with Gasteiger partial charge in [-0.05, 0) is 42.6 Å². The van der Waals surface area contributed by atoms with Crippen molar-refractivity contribution < 1.29 is 18.3 Å². The van der Waals surface area contributed by atoms with Crippen molar-refractivity contribution in [1.29, 1.82) is 0 Å². The van der Waals surface area contributed by atoms with Crippen LogP contribution in [-0.2, 0) is 6.54 Å². The highest BCUT2D eigenvalue weighted by molar-refractivity contribution is 5.43. The lowest BCUT2D eigenvalue weighted by atomic mass is 10.0. The van der Waals surface area contributed by atoms with Crippen LogP contribution in [-0.4, -0.2) is 44.8 Å². The fourth-order valence-corrected chi connectivity index (χ4v) is 3.35. The number of halogens is 2. The molecule has 2 atom stereocenters. The number of benzene rings is 1. The molecular weight excluding hydrogens is 278 g/mol. The van der Waals surface area contributed by atoms with Gasteiger partial charge in [-0.3, -0.25) is 4.90 Å². The van der Waals surface area contributed by atoms with Crippen LogP contribution >= 0.6 is 0 Å². The van der Waals surface area contributed by atoms with Crippen molar-refractivity contribution in [2.75, 3.05) is 33.3 Å². The Morgan fingerprint density at radius 3 is 2.57 bits per heavy atom. The molecule has 2 aliphatic rings. The van der Waals surface area contributed by atoms with Crippen molar-refractivity contribution in [2.24, 2.45) is 11.8 Å². The molecule has 1 aromatic rings. The zero-order chi connectivity index (χ0) is 14.8. The number of hydrogen-bond donors (Lipinski definition) is 1. The summed E-state index contributed by atoms with van der Waals surface area (Å²) in [5.74, 6) is 1.88. The van der Waals surface area contributed by atoms with Crippen molar-refractivity contribution in [2.45, 2.75) is 13.2 Å². The van der Waals surface area contributed by atoms with E-state index < -0.39 is 6.61 Å². The van der Waals surface area contributed by atoms with Gasteiger partial charge in [-0.25, -0.2) is 0 Å². The van der Waals surface area contributed by atoms with E-state index in [2.05, 4.69) is 15.0 Å². The van der Waals surface area contributed by atoms with Crippen molar-refractivity contribution in [3.8, 4) is 11.5 Å². The molecule has 0 saturated carbocycles. The lowest BCUT2D eigenvalue weighted by Gasteiger charge is -2.18. The SMILES string of the molecule is COc1ccc(CN2CC3CNCC3C2)cc1OC(F)F. The Balaban J connectivity index is 1.68. The third-order valence-corrected chi connectivity index (χ3v) is 4.32. The van der Waals surface area contributed by atoms with Crippen LogP contribution in [0.5, 0.6) is 11.5 Å². The highest BCUT2D eigenvalue weighted by Gasteiger charge is 2.35. The van der Waals surface area contributed by atoms with Crippen LogP contribution in [0.15, 0.2) is 18.2 Å². The number of alkyl halides is 2. The molecule has 0 bridgehead atoms. The Kier molecular flexibility index (Phi) is 4.26. The van der Waals surface area contributed by atoms with Gasteiger partial charge in [0.25, 0.3) is 0 Å². The Labute approximate surface area is 123 Å². The number of methoxy groups -OCH3 is 1. The number of fused-ring (bicyclic) bond motifs is 1. The maximum absolute atomic E-state index is 12.4. The zero-order valence-electron chi connectivity index (χ0n) is 12.0. The molecule has 2 aliphatic heterocycles. The smallest absolute Gasteiger partial charge is 0.387 e. The third-order valence-electron chi connectivity index (χ3n) is 4.32. The number of nitrogens with zero attached hydrogens (tertiary/aromatic N) is 1. The van der Waals surface area contributed by atoms with Gasteiger partial charge in [-0.15, -0.1) is 0 Å². The zero-order valence-corrected chi connectivity index (χ0v) is 12.0. The van der Waals surface area contributed by atoms with Gasteiger partial charge in [-0.2, -0.15) is 8.78 Å². The van der Waals surface area contributed by atoms with Gasteiger partial charge in [0.1, 0.15) is 0 Å². The molecule has 2 fully saturated rings. The number of likely N-dealkylation sites (tertiary alicyclic amines) is 1. The fraction of sp³-hybridized carbons (Fsp3) is 0.600. The van der Waals surface area contributed by atoms with Gasteiger partial charge in [0.05, 0.1) is 7.11 Å². The van der Waals surface area contributed by atoms with E-state index in [0.29, 0.717) is 5.75 Å². The molecule has 2 unspecified atom stereocenters. The molecule has 2 saturated heterocycles. The average molecular weight is 298 g/mol. The minimum absolute atomic E-state index is 0.103. The second-order valence-electron chi connectivity index (χ2n) is 5.74. The van der Waals surface area contributed by atoms with E-state index in [-0.39, 0.29) is 5.75 Å².